The van der Waals surface area contributed by atoms with E-state index in [1.165, 1.54) is 0 Å². The molecule has 0 spiro atoms. The molecule has 21 heavy (non-hydrogen) atoms. The monoisotopic (exact) mass is 275 g/mol. The van der Waals surface area contributed by atoms with Crippen LogP contribution < -0.4 is 5.73 Å². The first-order valence-corrected chi connectivity index (χ1v) is 7.08. The third-order valence-electron chi connectivity index (χ3n) is 3.92. The number of nitrogens with zero attached hydrogens (tertiary/aromatic N) is 1. The van der Waals surface area contributed by atoms with Crippen LogP contribution in [0.1, 0.15) is 29.5 Å². The topological polar surface area (TPSA) is 65.6 Å². The number of hydrogen-bond acceptors (Lipinski definition) is 2. The molecule has 1 heterocycles. The average Bonchev–Trinajstić information content (AvgIpc) is 2.93. The maximum absolute atomic E-state index is 9.70. The van der Waals surface area contributed by atoms with Crippen molar-refractivity contribution in [3.8, 4) is 6.07 Å². The minimum absolute atomic E-state index is 0.281. The normalized spacial score (nSPS) is 12.2. The van der Waals surface area contributed by atoms with E-state index in [1.54, 1.807) is 0 Å². The third kappa shape index (κ3) is 2.25. The van der Waals surface area contributed by atoms with E-state index in [0.29, 0.717) is 0 Å². The van der Waals surface area contributed by atoms with Gasteiger partial charge in [-0.15, -0.1) is 0 Å². The predicted molar refractivity (Wildman–Crippen MR) is 86.0 cm³/mol. The van der Waals surface area contributed by atoms with Crippen LogP contribution in [0, 0.1) is 11.3 Å². The Bertz CT molecular complexity index is 824. The minimum atomic E-state index is -0.281. The van der Waals surface area contributed by atoms with Crippen molar-refractivity contribution in [3.05, 3.63) is 65.4 Å². The van der Waals surface area contributed by atoms with E-state index in [0.717, 1.165) is 39.7 Å². The fourth-order valence-corrected chi connectivity index (χ4v) is 2.85. The first-order valence-electron chi connectivity index (χ1n) is 7.08. The largest absolute Gasteiger partial charge is 0.399 e. The van der Waals surface area contributed by atoms with Gasteiger partial charge in [0.15, 0.2) is 0 Å². The Kier molecular flexibility index (Phi) is 3.37. The van der Waals surface area contributed by atoms with E-state index in [4.69, 9.17) is 5.73 Å². The Morgan fingerprint density at radius 3 is 2.76 bits per heavy atom. The van der Waals surface area contributed by atoms with Crippen molar-refractivity contribution in [2.75, 3.05) is 5.73 Å². The molecule has 3 aromatic rings. The van der Waals surface area contributed by atoms with Gasteiger partial charge >= 0.3 is 0 Å². The lowest BCUT2D eigenvalue weighted by atomic mass is 9.88. The van der Waals surface area contributed by atoms with E-state index < -0.39 is 0 Å². The van der Waals surface area contributed by atoms with Crippen molar-refractivity contribution in [1.29, 1.82) is 5.26 Å². The van der Waals surface area contributed by atoms with Crippen molar-refractivity contribution in [1.82, 2.24) is 4.98 Å². The van der Waals surface area contributed by atoms with Crippen LogP contribution in [-0.2, 0) is 6.42 Å². The highest BCUT2D eigenvalue weighted by atomic mass is 14.7. The second kappa shape index (κ2) is 5.34. The molecule has 1 unspecified atom stereocenters. The van der Waals surface area contributed by atoms with Crippen molar-refractivity contribution in [2.45, 2.75) is 19.3 Å². The van der Waals surface area contributed by atoms with Gasteiger partial charge in [0.05, 0.1) is 12.0 Å². The maximum Gasteiger partial charge on any atom is 0.0985 e. The molecule has 0 radical (unpaired) electrons. The van der Waals surface area contributed by atoms with Gasteiger partial charge in [-0.3, -0.25) is 0 Å². The van der Waals surface area contributed by atoms with Gasteiger partial charge < -0.3 is 10.7 Å². The summed E-state index contributed by atoms with van der Waals surface area (Å²) in [6.07, 6.45) is 2.80. The highest BCUT2D eigenvalue weighted by molar-refractivity contribution is 5.84. The summed E-state index contributed by atoms with van der Waals surface area (Å²) in [5, 5.41) is 10.8. The molecule has 3 rings (SSSR count). The number of nitrogen functional groups attached to an aromatic ring is 1. The van der Waals surface area contributed by atoms with Crippen LogP contribution in [0.4, 0.5) is 5.69 Å². The van der Waals surface area contributed by atoms with E-state index in [9.17, 15) is 5.26 Å². The summed E-state index contributed by atoms with van der Waals surface area (Å²) < 4.78 is 0. The zero-order valence-corrected chi connectivity index (χ0v) is 11.9. The highest BCUT2D eigenvalue weighted by Crippen LogP contribution is 2.33. The number of aromatic nitrogens is 1. The standard InChI is InChI=1S/C18H17N3/c1-2-12-9-13(20)7-8-14(12)16(10-19)17-11-21-18-6-4-3-5-15(17)18/h3-9,11,16,21H,2,20H2,1H3. The number of nitrogens with two attached hydrogens (primary N) is 1. The molecule has 3 N–H and O–H groups in total. The Balaban J connectivity index is 2.17. The number of hydrogen-bond donors (Lipinski definition) is 2. The second-order valence-corrected chi connectivity index (χ2v) is 5.16. The maximum atomic E-state index is 9.70. The molecule has 0 aliphatic carbocycles. The predicted octanol–water partition coefficient (Wildman–Crippen LogP) is 3.97. The Morgan fingerprint density at radius 1 is 1.19 bits per heavy atom. The van der Waals surface area contributed by atoms with Gasteiger partial charge in [0.1, 0.15) is 0 Å². The van der Waals surface area contributed by atoms with E-state index >= 15 is 0 Å². The first kappa shape index (κ1) is 13.3. The average molecular weight is 275 g/mol. The SMILES string of the molecule is CCc1cc(N)ccc1C(C#N)c1c[nH]c2ccccc12. The van der Waals surface area contributed by atoms with Crippen LogP contribution in [0.3, 0.4) is 0 Å². The molecule has 0 aliphatic rings. The number of benzene rings is 2. The van der Waals surface area contributed by atoms with Crippen LogP contribution in [0.15, 0.2) is 48.7 Å². The van der Waals surface area contributed by atoms with E-state index in [-0.39, 0.29) is 5.92 Å². The molecule has 3 heteroatoms. The number of nitrogens with one attached hydrogen (secondary N) is 1. The van der Waals surface area contributed by atoms with E-state index in [2.05, 4.69) is 24.0 Å². The fraction of sp³-hybridized carbons (Fsp3) is 0.167. The molecule has 0 saturated carbocycles. The number of H-pyrrole nitrogens is 1. The van der Waals surface area contributed by atoms with Crippen LogP contribution in [0.2, 0.25) is 0 Å². The summed E-state index contributed by atoms with van der Waals surface area (Å²) in [7, 11) is 0. The fourth-order valence-electron chi connectivity index (χ4n) is 2.85. The van der Waals surface area contributed by atoms with Gasteiger partial charge in [0.25, 0.3) is 0 Å². The quantitative estimate of drug-likeness (QED) is 0.710. The summed E-state index contributed by atoms with van der Waals surface area (Å²) >= 11 is 0. The first-order chi connectivity index (χ1) is 10.2. The molecule has 0 saturated heterocycles. The van der Waals surface area contributed by atoms with Crippen LogP contribution in [0.5, 0.6) is 0 Å². The van der Waals surface area contributed by atoms with Gasteiger partial charge in [0, 0.05) is 22.8 Å². The smallest absolute Gasteiger partial charge is 0.0985 e. The van der Waals surface area contributed by atoms with Gasteiger partial charge in [-0.05, 0) is 41.3 Å². The number of nitriles is 1. The number of rotatable bonds is 3. The summed E-state index contributed by atoms with van der Waals surface area (Å²) in [6, 6.07) is 16.3. The lowest BCUT2D eigenvalue weighted by Crippen LogP contribution is -2.03. The number of aromatic amines is 1. The lowest BCUT2D eigenvalue weighted by molar-refractivity contribution is 0.990. The summed E-state index contributed by atoms with van der Waals surface area (Å²) in [5.74, 6) is -0.281. The molecule has 3 nitrogen and oxygen atoms in total. The molecule has 1 aromatic heterocycles. The Morgan fingerprint density at radius 2 is 2.00 bits per heavy atom. The molecule has 104 valence electrons. The third-order valence-corrected chi connectivity index (χ3v) is 3.92. The molecule has 0 aliphatic heterocycles. The molecule has 0 amide bonds. The Labute approximate surface area is 124 Å². The molecular weight excluding hydrogens is 258 g/mol. The van der Waals surface area contributed by atoms with Crippen LogP contribution in [-0.4, -0.2) is 4.98 Å². The van der Waals surface area contributed by atoms with Crippen molar-refractivity contribution in [2.24, 2.45) is 0 Å². The number of fused-ring (bicyclic) bond motifs is 1. The number of aryl methyl sites for hydroxylation is 1. The lowest BCUT2D eigenvalue weighted by Gasteiger charge is -2.14. The highest BCUT2D eigenvalue weighted by Gasteiger charge is 2.19. The molecule has 0 bridgehead atoms. The minimum Gasteiger partial charge on any atom is -0.399 e. The zero-order chi connectivity index (χ0) is 14.8. The van der Waals surface area contributed by atoms with E-state index in [1.807, 2.05) is 42.6 Å². The van der Waals surface area contributed by atoms with Gasteiger partial charge in [-0.25, -0.2) is 0 Å². The van der Waals surface area contributed by atoms with Crippen LogP contribution >= 0.6 is 0 Å². The van der Waals surface area contributed by atoms with Crippen molar-refractivity contribution in [3.63, 3.8) is 0 Å². The van der Waals surface area contributed by atoms with Crippen molar-refractivity contribution < 1.29 is 0 Å². The Hall–Kier alpha value is -2.73. The second-order valence-electron chi connectivity index (χ2n) is 5.16. The van der Waals surface area contributed by atoms with Gasteiger partial charge in [-0.1, -0.05) is 31.2 Å². The summed E-state index contributed by atoms with van der Waals surface area (Å²) in [5.41, 5.74) is 10.9. The molecule has 1 atom stereocenters. The summed E-state index contributed by atoms with van der Waals surface area (Å²) in [6.45, 7) is 2.09. The van der Waals surface area contributed by atoms with Gasteiger partial charge in [-0.2, -0.15) is 5.26 Å². The van der Waals surface area contributed by atoms with Gasteiger partial charge in [0.2, 0.25) is 0 Å². The molecule has 0 fully saturated rings. The number of anilines is 1. The summed E-state index contributed by atoms with van der Waals surface area (Å²) in [4.78, 5) is 3.25. The molecular formula is C18H17N3. The molecule has 2 aromatic carbocycles. The number of para-hydroxylation sites is 1. The van der Waals surface area contributed by atoms with Crippen molar-refractivity contribution >= 4 is 16.6 Å². The zero-order valence-electron chi connectivity index (χ0n) is 11.9. The van der Waals surface area contributed by atoms with Crippen LogP contribution in [0.25, 0.3) is 10.9 Å².